The van der Waals surface area contributed by atoms with Gasteiger partial charge in [0.15, 0.2) is 6.29 Å². The third-order valence-corrected chi connectivity index (χ3v) is 2.78. The van der Waals surface area contributed by atoms with E-state index in [0.29, 0.717) is 23.0 Å². The van der Waals surface area contributed by atoms with Crippen molar-refractivity contribution in [2.24, 2.45) is 0 Å². The van der Waals surface area contributed by atoms with Crippen molar-refractivity contribution in [3.05, 3.63) is 70.8 Å². The van der Waals surface area contributed by atoms with E-state index in [1.165, 1.54) is 7.05 Å². The van der Waals surface area contributed by atoms with Crippen molar-refractivity contribution in [2.75, 3.05) is 7.05 Å². The summed E-state index contributed by atoms with van der Waals surface area (Å²) in [5.41, 5.74) is 2.28. The maximum Gasteiger partial charge on any atom is 0.251 e. The van der Waals surface area contributed by atoms with Crippen molar-refractivity contribution in [1.29, 1.82) is 0 Å². The zero-order valence-corrected chi connectivity index (χ0v) is 11.0. The van der Waals surface area contributed by atoms with Crippen molar-refractivity contribution in [1.82, 2.24) is 5.32 Å². The van der Waals surface area contributed by atoms with Gasteiger partial charge in [0.25, 0.3) is 5.91 Å². The summed E-state index contributed by atoms with van der Waals surface area (Å²) in [4.78, 5) is 22.6. The Morgan fingerprint density at radius 3 is 2.40 bits per heavy atom. The molecule has 0 atom stereocenters. The lowest BCUT2D eigenvalue weighted by Gasteiger charge is -2.03. The molecular formula is C17H13NO2. The van der Waals surface area contributed by atoms with Crippen molar-refractivity contribution in [3.8, 4) is 11.8 Å². The molecule has 0 aliphatic heterocycles. The fraction of sp³-hybridized carbons (Fsp3) is 0.0588. The molecule has 0 radical (unpaired) electrons. The Balaban J connectivity index is 2.37. The number of rotatable bonds is 2. The molecule has 2 aromatic rings. The van der Waals surface area contributed by atoms with Crippen molar-refractivity contribution < 1.29 is 9.59 Å². The smallest absolute Gasteiger partial charge is 0.251 e. The molecule has 0 heterocycles. The lowest BCUT2D eigenvalue weighted by Crippen LogP contribution is -2.19. The second kappa shape index (κ2) is 6.35. The van der Waals surface area contributed by atoms with E-state index in [-0.39, 0.29) is 5.91 Å². The van der Waals surface area contributed by atoms with E-state index < -0.39 is 0 Å². The van der Waals surface area contributed by atoms with Gasteiger partial charge in [-0.25, -0.2) is 0 Å². The molecule has 0 unspecified atom stereocenters. The minimum atomic E-state index is -0.296. The van der Waals surface area contributed by atoms with Crippen LogP contribution in [0.4, 0.5) is 0 Å². The largest absolute Gasteiger partial charge is 0.355 e. The summed E-state index contributed by atoms with van der Waals surface area (Å²) in [5.74, 6) is 5.70. The summed E-state index contributed by atoms with van der Waals surface area (Å²) in [6.45, 7) is 0. The third kappa shape index (κ3) is 3.12. The van der Waals surface area contributed by atoms with E-state index in [1.807, 2.05) is 30.3 Å². The lowest BCUT2D eigenvalue weighted by atomic mass is 10.0. The fourth-order valence-electron chi connectivity index (χ4n) is 1.73. The predicted molar refractivity (Wildman–Crippen MR) is 77.6 cm³/mol. The van der Waals surface area contributed by atoms with Crippen LogP contribution in [0.3, 0.4) is 0 Å². The molecule has 3 heteroatoms. The first-order chi connectivity index (χ1) is 9.74. The summed E-state index contributed by atoms with van der Waals surface area (Å²) < 4.78 is 0. The Kier molecular flexibility index (Phi) is 4.31. The first kappa shape index (κ1) is 13.6. The van der Waals surface area contributed by atoms with Crippen LogP contribution < -0.4 is 5.32 Å². The molecule has 0 spiro atoms. The first-order valence-corrected chi connectivity index (χ1v) is 6.13. The molecule has 0 aliphatic rings. The second-order valence-electron chi connectivity index (χ2n) is 4.12. The molecule has 2 rings (SSSR count). The molecule has 0 bridgehead atoms. The van der Waals surface area contributed by atoms with Gasteiger partial charge in [0.2, 0.25) is 0 Å². The van der Waals surface area contributed by atoms with Crippen LogP contribution in [0.2, 0.25) is 0 Å². The molecular weight excluding hydrogens is 250 g/mol. The van der Waals surface area contributed by atoms with Crippen molar-refractivity contribution in [3.63, 3.8) is 0 Å². The maximum atomic E-state index is 11.7. The average molecular weight is 263 g/mol. The van der Waals surface area contributed by atoms with Crippen LogP contribution in [-0.4, -0.2) is 19.2 Å². The summed E-state index contributed by atoms with van der Waals surface area (Å²) in [6.07, 6.45) is 0.666. The van der Waals surface area contributed by atoms with E-state index >= 15 is 0 Å². The Morgan fingerprint density at radius 1 is 1.05 bits per heavy atom. The highest BCUT2D eigenvalue weighted by Gasteiger charge is 2.09. The number of nitrogens with one attached hydrogen (secondary N) is 1. The normalized spacial score (nSPS) is 9.25. The van der Waals surface area contributed by atoms with Gasteiger partial charge in [-0.15, -0.1) is 0 Å². The van der Waals surface area contributed by atoms with E-state index in [0.717, 1.165) is 5.56 Å². The number of carbonyl (C=O) groups is 2. The molecule has 0 aromatic heterocycles. The first-order valence-electron chi connectivity index (χ1n) is 6.13. The standard InChI is InChI=1S/C17H13NO2/c1-18-17(20)16-11-14(9-10-15(16)12-19)8-7-13-5-3-2-4-6-13/h2-6,9-12H,1H3,(H,18,20). The minimum Gasteiger partial charge on any atom is -0.355 e. The quantitative estimate of drug-likeness (QED) is 0.667. The Hall–Kier alpha value is -2.86. The van der Waals surface area contributed by atoms with Gasteiger partial charge in [-0.2, -0.15) is 0 Å². The Labute approximate surface area is 117 Å². The van der Waals surface area contributed by atoms with Crippen LogP contribution in [0.15, 0.2) is 48.5 Å². The predicted octanol–water partition coefficient (Wildman–Crippen LogP) is 2.26. The minimum absolute atomic E-state index is 0.296. The number of amides is 1. The third-order valence-electron chi connectivity index (χ3n) is 2.78. The molecule has 20 heavy (non-hydrogen) atoms. The fourth-order valence-corrected chi connectivity index (χ4v) is 1.73. The Morgan fingerprint density at radius 2 is 1.75 bits per heavy atom. The molecule has 1 amide bonds. The molecule has 2 aromatic carbocycles. The molecule has 0 saturated carbocycles. The van der Waals surface area contributed by atoms with Gasteiger partial charge in [0.05, 0.1) is 5.56 Å². The SMILES string of the molecule is CNC(=O)c1cc(C#Cc2ccccc2)ccc1C=O. The summed E-state index contributed by atoms with van der Waals surface area (Å²) in [6, 6.07) is 14.5. The number of hydrogen-bond donors (Lipinski definition) is 1. The number of aldehydes is 1. The average Bonchev–Trinajstić information content (AvgIpc) is 2.52. The number of benzene rings is 2. The van der Waals surface area contributed by atoms with Gasteiger partial charge < -0.3 is 5.32 Å². The number of carbonyl (C=O) groups excluding carboxylic acids is 2. The van der Waals surface area contributed by atoms with Gasteiger partial charge in [-0.1, -0.05) is 30.0 Å². The molecule has 98 valence electrons. The zero-order valence-electron chi connectivity index (χ0n) is 11.0. The van der Waals surface area contributed by atoms with Gasteiger partial charge in [-0.05, 0) is 30.3 Å². The van der Waals surface area contributed by atoms with Gasteiger partial charge in [0, 0.05) is 23.7 Å². The Bertz CT molecular complexity index is 694. The van der Waals surface area contributed by atoms with E-state index in [4.69, 9.17) is 0 Å². The maximum absolute atomic E-state index is 11.7. The van der Waals surface area contributed by atoms with E-state index in [1.54, 1.807) is 18.2 Å². The van der Waals surface area contributed by atoms with Gasteiger partial charge in [-0.3, -0.25) is 9.59 Å². The van der Waals surface area contributed by atoms with Crippen molar-refractivity contribution in [2.45, 2.75) is 0 Å². The van der Waals surface area contributed by atoms with Crippen LogP contribution in [0.5, 0.6) is 0 Å². The van der Waals surface area contributed by atoms with Crippen LogP contribution in [0.25, 0.3) is 0 Å². The zero-order chi connectivity index (χ0) is 14.4. The molecule has 1 N–H and O–H groups in total. The highest BCUT2D eigenvalue weighted by Crippen LogP contribution is 2.10. The molecule has 0 aliphatic carbocycles. The van der Waals surface area contributed by atoms with Gasteiger partial charge >= 0.3 is 0 Å². The van der Waals surface area contributed by atoms with Crippen LogP contribution in [0, 0.1) is 11.8 Å². The highest BCUT2D eigenvalue weighted by atomic mass is 16.1. The molecule has 0 saturated heterocycles. The van der Waals surface area contributed by atoms with Crippen LogP contribution in [0.1, 0.15) is 31.8 Å². The summed E-state index contributed by atoms with van der Waals surface area (Å²) in [7, 11) is 1.53. The summed E-state index contributed by atoms with van der Waals surface area (Å²) in [5, 5.41) is 2.51. The van der Waals surface area contributed by atoms with Crippen LogP contribution >= 0.6 is 0 Å². The highest BCUT2D eigenvalue weighted by molar-refractivity contribution is 6.01. The van der Waals surface area contributed by atoms with E-state index in [2.05, 4.69) is 17.2 Å². The molecule has 0 fully saturated rings. The van der Waals surface area contributed by atoms with Crippen LogP contribution in [-0.2, 0) is 0 Å². The summed E-state index contributed by atoms with van der Waals surface area (Å²) >= 11 is 0. The van der Waals surface area contributed by atoms with Gasteiger partial charge in [0.1, 0.15) is 0 Å². The molecule has 3 nitrogen and oxygen atoms in total. The van der Waals surface area contributed by atoms with E-state index in [9.17, 15) is 9.59 Å². The number of hydrogen-bond acceptors (Lipinski definition) is 2. The topological polar surface area (TPSA) is 46.2 Å². The second-order valence-corrected chi connectivity index (χ2v) is 4.12. The lowest BCUT2D eigenvalue weighted by molar-refractivity contribution is 0.0957. The van der Waals surface area contributed by atoms with Crippen molar-refractivity contribution >= 4 is 12.2 Å². The monoisotopic (exact) mass is 263 g/mol.